The maximum atomic E-state index is 12.5. The maximum Gasteiger partial charge on any atom is 0.326 e. The van der Waals surface area contributed by atoms with Gasteiger partial charge < -0.3 is 15.4 Å². The third kappa shape index (κ3) is 3.82. The number of fused-ring (bicyclic) bond motifs is 1. The number of carbonyl (C=O) groups is 2. The number of benzene rings is 1. The Bertz CT molecular complexity index is 904. The molecule has 1 aromatic carbocycles. The maximum absolute atomic E-state index is 12.5. The first-order valence-electron chi connectivity index (χ1n) is 7.59. The van der Waals surface area contributed by atoms with Crippen molar-refractivity contribution in [1.29, 1.82) is 0 Å². The molecule has 132 valence electrons. The smallest absolute Gasteiger partial charge is 0.326 e. The molecule has 0 spiro atoms. The van der Waals surface area contributed by atoms with Crippen LogP contribution in [0.15, 0.2) is 29.1 Å². The highest BCUT2D eigenvalue weighted by Gasteiger charge is 2.27. The summed E-state index contributed by atoms with van der Waals surface area (Å²) in [7, 11) is 0. The summed E-state index contributed by atoms with van der Waals surface area (Å²) in [4.78, 5) is 48.5. The summed E-state index contributed by atoms with van der Waals surface area (Å²) in [6.07, 6.45) is 0.527. The van der Waals surface area contributed by atoms with Crippen molar-refractivity contribution in [3.63, 3.8) is 0 Å². The zero-order valence-corrected chi connectivity index (χ0v) is 13.6. The van der Waals surface area contributed by atoms with E-state index in [2.05, 4.69) is 10.3 Å². The van der Waals surface area contributed by atoms with Gasteiger partial charge in [-0.2, -0.15) is 0 Å². The zero-order valence-electron chi connectivity index (χ0n) is 13.6. The number of nitrogens with one attached hydrogen (secondary N) is 2. The van der Waals surface area contributed by atoms with E-state index in [-0.39, 0.29) is 28.1 Å². The van der Waals surface area contributed by atoms with Crippen LogP contribution in [0.3, 0.4) is 0 Å². The lowest BCUT2D eigenvalue weighted by Crippen LogP contribution is -2.45. The van der Waals surface area contributed by atoms with E-state index in [1.165, 1.54) is 18.2 Å². The average Bonchev–Trinajstić information content (AvgIpc) is 2.57. The zero-order chi connectivity index (χ0) is 18.7. The van der Waals surface area contributed by atoms with Gasteiger partial charge in [-0.3, -0.25) is 19.7 Å². The molecular weight excluding hydrogens is 330 g/mol. The first kappa shape index (κ1) is 18.1. The van der Waals surface area contributed by atoms with E-state index >= 15 is 0 Å². The van der Waals surface area contributed by atoms with E-state index in [9.17, 15) is 29.6 Å². The summed E-state index contributed by atoms with van der Waals surface area (Å²) < 4.78 is 0. The molecule has 0 unspecified atom stereocenters. The molecule has 1 heterocycles. The van der Waals surface area contributed by atoms with Crippen molar-refractivity contribution < 1.29 is 19.6 Å². The predicted octanol–water partition coefficient (Wildman–Crippen LogP) is 1.67. The number of hydrogen-bond acceptors (Lipinski definition) is 5. The normalized spacial score (nSPS) is 13.2. The highest BCUT2D eigenvalue weighted by Crippen LogP contribution is 2.22. The number of hydrogen-bond donors (Lipinski definition) is 3. The summed E-state index contributed by atoms with van der Waals surface area (Å²) in [5, 5.41) is 22.8. The second-order valence-corrected chi connectivity index (χ2v) is 5.71. The van der Waals surface area contributed by atoms with Crippen molar-refractivity contribution >= 4 is 28.5 Å². The number of nitrogens with zero attached hydrogens (tertiary/aromatic N) is 1. The van der Waals surface area contributed by atoms with E-state index in [1.807, 2.05) is 0 Å². The topological polar surface area (TPSA) is 142 Å². The number of aliphatic carboxylic acids is 1. The molecule has 0 saturated heterocycles. The Labute approximate surface area is 141 Å². The number of nitro groups is 1. The Hall–Kier alpha value is -3.23. The fraction of sp³-hybridized carbons (Fsp3) is 0.312. The molecule has 0 radical (unpaired) electrons. The lowest BCUT2D eigenvalue weighted by Gasteiger charge is -2.20. The van der Waals surface area contributed by atoms with Crippen molar-refractivity contribution in [1.82, 2.24) is 10.3 Å². The number of aromatic amines is 1. The van der Waals surface area contributed by atoms with Gasteiger partial charge in [0.1, 0.15) is 6.04 Å². The molecule has 25 heavy (non-hydrogen) atoms. The number of carboxylic acids is 1. The molecule has 0 aliphatic rings. The highest BCUT2D eigenvalue weighted by atomic mass is 16.6. The first-order chi connectivity index (χ1) is 11.7. The largest absolute Gasteiger partial charge is 0.480 e. The quantitative estimate of drug-likeness (QED) is 0.536. The number of nitro benzene ring substituents is 1. The molecule has 2 rings (SSSR count). The van der Waals surface area contributed by atoms with Crippen molar-refractivity contribution in [3.8, 4) is 0 Å². The van der Waals surface area contributed by atoms with Crippen molar-refractivity contribution in [2.45, 2.75) is 26.3 Å². The van der Waals surface area contributed by atoms with Crippen LogP contribution in [-0.4, -0.2) is 32.9 Å². The molecule has 1 aromatic heterocycles. The van der Waals surface area contributed by atoms with Gasteiger partial charge in [-0.25, -0.2) is 4.79 Å². The standard InChI is InChI=1S/C16H17N3O6/c1-3-8(2)14(16(22)23)18-15(21)11-7-13(20)17-12-5-4-9(19(24)25)6-10(11)12/h4-8,14H,3H2,1-2H3,(H,17,20)(H,18,21)(H,22,23)/t8-,14-/m0/s1. The number of carbonyl (C=O) groups excluding carboxylic acids is 1. The van der Waals surface area contributed by atoms with Crippen molar-refractivity contribution in [2.24, 2.45) is 5.92 Å². The minimum atomic E-state index is -1.19. The van der Waals surface area contributed by atoms with E-state index in [4.69, 9.17) is 0 Å². The third-order valence-corrected chi connectivity index (χ3v) is 4.05. The van der Waals surface area contributed by atoms with E-state index < -0.39 is 28.4 Å². The van der Waals surface area contributed by atoms with Gasteiger partial charge in [-0.1, -0.05) is 20.3 Å². The molecule has 0 bridgehead atoms. The Morgan fingerprint density at radius 1 is 1.36 bits per heavy atom. The fourth-order valence-corrected chi connectivity index (χ4v) is 2.45. The lowest BCUT2D eigenvalue weighted by molar-refractivity contribution is -0.384. The Morgan fingerprint density at radius 3 is 2.60 bits per heavy atom. The number of aromatic nitrogens is 1. The lowest BCUT2D eigenvalue weighted by atomic mass is 9.98. The van der Waals surface area contributed by atoms with E-state index in [0.29, 0.717) is 6.42 Å². The highest BCUT2D eigenvalue weighted by molar-refractivity contribution is 6.07. The molecule has 2 atom stereocenters. The monoisotopic (exact) mass is 347 g/mol. The van der Waals surface area contributed by atoms with Gasteiger partial charge >= 0.3 is 5.97 Å². The summed E-state index contributed by atoms with van der Waals surface area (Å²) in [5.41, 5.74) is -0.678. The molecule has 0 aliphatic heterocycles. The van der Waals surface area contributed by atoms with Crippen LogP contribution in [0.4, 0.5) is 5.69 Å². The Morgan fingerprint density at radius 2 is 2.04 bits per heavy atom. The fourth-order valence-electron chi connectivity index (χ4n) is 2.45. The molecule has 0 aliphatic carbocycles. The summed E-state index contributed by atoms with van der Waals surface area (Å²) in [5.74, 6) is -2.30. The second-order valence-electron chi connectivity index (χ2n) is 5.71. The van der Waals surface area contributed by atoms with Gasteiger partial charge in [0, 0.05) is 29.1 Å². The number of pyridine rings is 1. The van der Waals surface area contributed by atoms with Crippen LogP contribution in [-0.2, 0) is 4.79 Å². The number of carboxylic acid groups (broad SMARTS) is 1. The average molecular weight is 347 g/mol. The van der Waals surface area contributed by atoms with Crippen LogP contribution in [0, 0.1) is 16.0 Å². The summed E-state index contributed by atoms with van der Waals surface area (Å²) >= 11 is 0. The van der Waals surface area contributed by atoms with Crippen molar-refractivity contribution in [2.75, 3.05) is 0 Å². The first-order valence-corrected chi connectivity index (χ1v) is 7.59. The van der Waals surface area contributed by atoms with Crippen LogP contribution >= 0.6 is 0 Å². The van der Waals surface area contributed by atoms with Crippen LogP contribution in [0.5, 0.6) is 0 Å². The summed E-state index contributed by atoms with van der Waals surface area (Å²) in [6.45, 7) is 3.47. The van der Waals surface area contributed by atoms with Gasteiger partial charge in [0.05, 0.1) is 10.5 Å². The third-order valence-electron chi connectivity index (χ3n) is 4.05. The van der Waals surface area contributed by atoms with Crippen LogP contribution in [0.25, 0.3) is 10.9 Å². The second kappa shape index (κ2) is 7.12. The van der Waals surface area contributed by atoms with Gasteiger partial charge in [-0.15, -0.1) is 0 Å². The van der Waals surface area contributed by atoms with Gasteiger partial charge in [0.25, 0.3) is 11.6 Å². The number of amides is 1. The van der Waals surface area contributed by atoms with Crippen LogP contribution in [0.1, 0.15) is 30.6 Å². The minimum Gasteiger partial charge on any atom is -0.480 e. The van der Waals surface area contributed by atoms with E-state index in [1.54, 1.807) is 13.8 Å². The van der Waals surface area contributed by atoms with Crippen LogP contribution in [0.2, 0.25) is 0 Å². The number of rotatable bonds is 6. The number of H-pyrrole nitrogens is 1. The molecule has 1 amide bonds. The molecule has 9 heteroatoms. The summed E-state index contributed by atoms with van der Waals surface area (Å²) in [6, 6.07) is 3.56. The molecule has 3 N–H and O–H groups in total. The Balaban J connectivity index is 2.52. The van der Waals surface area contributed by atoms with Gasteiger partial charge in [0.15, 0.2) is 0 Å². The molecule has 9 nitrogen and oxygen atoms in total. The van der Waals surface area contributed by atoms with Crippen molar-refractivity contribution in [3.05, 3.63) is 50.3 Å². The SMILES string of the molecule is CC[C@H](C)[C@H](NC(=O)c1cc(=O)[nH]c2ccc([N+](=O)[O-])cc12)C(=O)O. The number of non-ortho nitro benzene ring substituents is 1. The van der Waals surface area contributed by atoms with Gasteiger partial charge in [0.2, 0.25) is 5.56 Å². The molecular formula is C16H17N3O6. The molecule has 0 fully saturated rings. The predicted molar refractivity (Wildman–Crippen MR) is 89.6 cm³/mol. The Kier molecular flexibility index (Phi) is 5.16. The van der Waals surface area contributed by atoms with E-state index in [0.717, 1.165) is 6.07 Å². The molecule has 0 saturated carbocycles. The van der Waals surface area contributed by atoms with Crippen LogP contribution < -0.4 is 10.9 Å². The molecule has 2 aromatic rings. The van der Waals surface area contributed by atoms with Gasteiger partial charge in [-0.05, 0) is 12.0 Å². The minimum absolute atomic E-state index is 0.114.